The van der Waals surface area contributed by atoms with Crippen molar-refractivity contribution in [1.82, 2.24) is 24.5 Å². The van der Waals surface area contributed by atoms with Gasteiger partial charge in [-0.3, -0.25) is 4.57 Å². The van der Waals surface area contributed by atoms with E-state index in [0.717, 1.165) is 22.3 Å². The summed E-state index contributed by atoms with van der Waals surface area (Å²) in [6.07, 6.45) is 1.42. The van der Waals surface area contributed by atoms with Crippen LogP contribution in [0.3, 0.4) is 0 Å². The zero-order chi connectivity index (χ0) is 47.5. The molecule has 34 radical (unpaired) electrons. The van der Waals surface area contributed by atoms with Crippen molar-refractivity contribution in [3.05, 3.63) is 47.9 Å². The Morgan fingerprint density at radius 3 is 1.42 bits per heavy atom. The van der Waals surface area contributed by atoms with Crippen LogP contribution in [0.15, 0.2) is 41.1 Å². The average molecular weight is 798 g/mol. The van der Waals surface area contributed by atoms with Gasteiger partial charge in [0.1, 0.15) is 139 Å². The van der Waals surface area contributed by atoms with Crippen molar-refractivity contribution < 1.29 is 4.42 Å². The van der Waals surface area contributed by atoms with Crippen LogP contribution in [0.1, 0.15) is 25.0 Å². The van der Waals surface area contributed by atoms with Crippen LogP contribution < -0.4 is 92.9 Å². The van der Waals surface area contributed by atoms with Crippen molar-refractivity contribution in [1.29, 1.82) is 0 Å². The quantitative estimate of drug-likeness (QED) is 0.166. The van der Waals surface area contributed by atoms with Gasteiger partial charge in [0, 0.05) is 38.5 Å². The SMILES string of the molecule is [B]c1c([B])c([B])c(-c2nc(-c3c([B])c([B])c([B])c([B])c3[B])nc(-n3c4c([B])c([B])c([B])c([B])c4c4c([B])c(-c5ccc6c(c5)-c5c(ccc7ncoc57)C6(C)C)c([B])c([B])c43)n2)c([B])c1[B]. The van der Waals surface area contributed by atoms with Gasteiger partial charge in [-0.15, -0.1) is 43.7 Å². The summed E-state index contributed by atoms with van der Waals surface area (Å²) >= 11 is 0. The summed E-state index contributed by atoms with van der Waals surface area (Å²) in [5.41, 5.74) is 5.13. The number of oxazole rings is 1. The normalized spacial score (nSPS) is 12.9. The van der Waals surface area contributed by atoms with Crippen LogP contribution in [0.5, 0.6) is 0 Å². The monoisotopic (exact) mass is 801 g/mol. The molecule has 0 aliphatic heterocycles. The van der Waals surface area contributed by atoms with Gasteiger partial charge in [0.05, 0.1) is 0 Å². The molecule has 0 saturated carbocycles. The first kappa shape index (κ1) is 44.5. The summed E-state index contributed by atoms with van der Waals surface area (Å²) in [5, 5.41) is 0.504. The van der Waals surface area contributed by atoms with E-state index in [1.54, 1.807) is 0 Å². The Balaban J connectivity index is 1.35. The minimum absolute atomic E-state index is 0.00344. The number of fused-ring (bicyclic) bond motifs is 8. The van der Waals surface area contributed by atoms with Crippen LogP contribution in [0.4, 0.5) is 0 Å². The van der Waals surface area contributed by atoms with Gasteiger partial charge in [-0.05, 0) is 45.3 Å². The minimum Gasteiger partial charge on any atom is -0.443 e. The molecule has 0 bridgehead atoms. The molecule has 0 fully saturated rings. The lowest BCUT2D eigenvalue weighted by Crippen LogP contribution is -2.55. The van der Waals surface area contributed by atoms with E-state index in [1.165, 1.54) is 11.0 Å². The van der Waals surface area contributed by atoms with Crippen molar-refractivity contribution >= 4 is 259 Å². The third kappa shape index (κ3) is 5.86. The zero-order valence-corrected chi connectivity index (χ0v) is 35.4. The molecule has 0 N–H and O–H groups in total. The lowest BCUT2D eigenvalue weighted by atomic mass is 9.60. The second-order valence-corrected chi connectivity index (χ2v) is 16.8. The Morgan fingerprint density at radius 1 is 0.439 bits per heavy atom. The van der Waals surface area contributed by atoms with Gasteiger partial charge in [-0.2, -0.15) is 9.97 Å². The predicted molar refractivity (Wildman–Crippen MR) is 287 cm³/mol. The lowest BCUT2D eigenvalue weighted by molar-refractivity contribution is 0.601. The highest BCUT2D eigenvalue weighted by Gasteiger charge is 2.38. The highest BCUT2D eigenvalue weighted by molar-refractivity contribution is 6.71. The molecule has 66 heavy (non-hydrogen) atoms. The topological polar surface area (TPSA) is 69.6 Å². The van der Waals surface area contributed by atoms with Crippen LogP contribution in [-0.2, 0) is 5.41 Å². The lowest BCUT2D eigenvalue weighted by Gasteiger charge is -2.23. The van der Waals surface area contributed by atoms with Crippen molar-refractivity contribution in [2.45, 2.75) is 19.3 Å². The molecule has 1 aliphatic carbocycles. The van der Waals surface area contributed by atoms with Gasteiger partial charge in [0.2, 0.25) is 5.95 Å². The van der Waals surface area contributed by atoms with E-state index in [4.69, 9.17) is 153 Å². The van der Waals surface area contributed by atoms with Crippen molar-refractivity contribution in [2.24, 2.45) is 0 Å². The summed E-state index contributed by atoms with van der Waals surface area (Å²) in [5.74, 6) is -0.643. The maximum Gasteiger partial charge on any atom is 0.238 e. The summed E-state index contributed by atoms with van der Waals surface area (Å²) < 4.78 is 7.39. The van der Waals surface area contributed by atoms with Crippen molar-refractivity contribution in [2.75, 3.05) is 0 Å². The summed E-state index contributed by atoms with van der Waals surface area (Å²) in [6.45, 7) is 4.28. The van der Waals surface area contributed by atoms with Crippen molar-refractivity contribution in [3.8, 4) is 51.0 Å². The fraction of sp³-hybridized carbons (Fsp3) is 0.0698. The standard InChI is InChI=1S/C43H12B17N5O/c1-43(2)11-4-3-9(7-10(11)15-12(43)5-6-13-39(15)66-8-61-13)14-20(44)16-17-22(46)27(51)34(58)36(60)38(17)65(37(16)35(59)21(14)45)42-63-40(18-23(47)28(52)32(56)29(53)24(18)48)62-41(64-42)19-25(49)30(54)33(57)31(55)26(19)50/h3-8H,1-2H3. The molecule has 0 amide bonds. The molecule has 0 unspecified atom stereocenters. The Kier molecular flexibility index (Phi) is 10.2. The Morgan fingerprint density at radius 2 is 0.879 bits per heavy atom. The smallest absolute Gasteiger partial charge is 0.238 e. The molecule has 3 aromatic heterocycles. The summed E-state index contributed by atoms with van der Waals surface area (Å²) in [7, 11) is 113. The molecule has 10 rings (SSSR count). The van der Waals surface area contributed by atoms with Gasteiger partial charge in [-0.25, -0.2) is 9.97 Å². The second-order valence-electron chi connectivity index (χ2n) is 16.8. The molecule has 0 spiro atoms. The number of nitrogens with zero attached hydrogens (tertiary/aromatic N) is 5. The first-order valence-electron chi connectivity index (χ1n) is 20.0. The molecular weight excluding hydrogens is 786 g/mol. The molecule has 0 saturated heterocycles. The van der Waals surface area contributed by atoms with Gasteiger partial charge in [0.25, 0.3) is 0 Å². The number of benzene rings is 6. The van der Waals surface area contributed by atoms with E-state index in [-0.39, 0.29) is 149 Å². The molecule has 9 aromatic rings. The Bertz CT molecular complexity index is 3590. The van der Waals surface area contributed by atoms with Gasteiger partial charge >= 0.3 is 0 Å². The van der Waals surface area contributed by atoms with E-state index in [2.05, 4.69) is 24.9 Å². The molecule has 1 aliphatic rings. The highest BCUT2D eigenvalue weighted by atomic mass is 16.3. The number of hydrogen-bond donors (Lipinski definition) is 0. The Labute approximate surface area is 404 Å². The maximum absolute atomic E-state index is 7.32. The fourth-order valence-corrected chi connectivity index (χ4v) is 9.39. The zero-order valence-electron chi connectivity index (χ0n) is 35.4. The average Bonchev–Trinajstić information content (AvgIpc) is 3.98. The fourth-order valence-electron chi connectivity index (χ4n) is 9.39. The van der Waals surface area contributed by atoms with E-state index in [1.807, 2.05) is 24.3 Å². The third-order valence-electron chi connectivity index (χ3n) is 13.0. The minimum atomic E-state index is -0.387. The molecule has 3 heterocycles. The van der Waals surface area contributed by atoms with Gasteiger partial charge < -0.3 is 4.42 Å². The number of rotatable bonds is 4. The second kappa shape index (κ2) is 15.1. The number of aromatic nitrogens is 5. The molecular formula is C43H12B17N5O. The van der Waals surface area contributed by atoms with Gasteiger partial charge in [0.15, 0.2) is 23.6 Å². The van der Waals surface area contributed by atoms with Gasteiger partial charge in [-0.1, -0.05) is 81.2 Å². The van der Waals surface area contributed by atoms with Crippen LogP contribution in [0, 0.1) is 0 Å². The van der Waals surface area contributed by atoms with E-state index in [9.17, 15) is 0 Å². The molecule has 6 nitrogen and oxygen atoms in total. The summed E-state index contributed by atoms with van der Waals surface area (Å²) in [6, 6.07) is 9.93. The molecule has 23 heteroatoms. The first-order chi connectivity index (χ1) is 31.1. The first-order valence-corrected chi connectivity index (χ1v) is 20.0. The van der Waals surface area contributed by atoms with Crippen LogP contribution in [0.25, 0.3) is 83.9 Å². The van der Waals surface area contributed by atoms with E-state index >= 15 is 0 Å². The summed E-state index contributed by atoms with van der Waals surface area (Å²) in [4.78, 5) is 18.8. The van der Waals surface area contributed by atoms with E-state index in [0.29, 0.717) is 22.2 Å². The molecule has 6 aromatic carbocycles. The highest BCUT2D eigenvalue weighted by Crippen LogP contribution is 2.52. The number of hydrogen-bond acceptors (Lipinski definition) is 5. The van der Waals surface area contributed by atoms with Crippen molar-refractivity contribution in [3.63, 3.8) is 0 Å². The van der Waals surface area contributed by atoms with Crippen LogP contribution >= 0.6 is 0 Å². The Hall–Kier alpha value is -5.30. The van der Waals surface area contributed by atoms with Crippen LogP contribution in [-0.4, -0.2) is 158 Å². The van der Waals surface area contributed by atoms with Crippen LogP contribution in [0.2, 0.25) is 0 Å². The predicted octanol–water partition coefficient (Wildman–Crippen LogP) is -10.1. The maximum atomic E-state index is 7.32. The largest absolute Gasteiger partial charge is 0.443 e. The van der Waals surface area contributed by atoms with E-state index < -0.39 is 0 Å². The third-order valence-corrected chi connectivity index (χ3v) is 13.0. The molecule has 266 valence electrons. The molecule has 0 atom stereocenters.